The largest absolute Gasteiger partial charge is 0.479 e. The molecule has 0 heterocycles. The number of carbonyl (C=O) groups excluding carboxylic acids is 2. The van der Waals surface area contributed by atoms with Crippen LogP contribution in [0.5, 0.6) is 0 Å². The fourth-order valence-corrected chi connectivity index (χ4v) is 6.16. The summed E-state index contributed by atoms with van der Waals surface area (Å²) < 4.78 is 0. The Hall–Kier alpha value is -1.75. The van der Waals surface area contributed by atoms with E-state index in [1.807, 2.05) is 0 Å². The number of hydrogen-bond donors (Lipinski definition) is 1. The molecule has 0 aliphatic carbocycles. The van der Waals surface area contributed by atoms with Crippen LogP contribution in [-0.2, 0) is 14.4 Å². The number of allylic oxidation sites excluding steroid dienone is 4. The molecule has 0 atom stereocenters. The number of hydrogen-bond acceptors (Lipinski definition) is 4. The lowest BCUT2D eigenvalue weighted by molar-refractivity contribution is -0.161. The number of carboxylic acids is 1. The van der Waals surface area contributed by atoms with Crippen LogP contribution < -0.4 is 0 Å². The Morgan fingerprint density at radius 1 is 0.467 bits per heavy atom. The fraction of sp³-hybridized carbons (Fsp3) is 0.825. The monoisotopic (exact) mass is 632 g/mol. The van der Waals surface area contributed by atoms with Gasteiger partial charge in [-0.3, -0.25) is 14.5 Å². The predicted molar refractivity (Wildman–Crippen MR) is 193 cm³/mol. The molecule has 0 bridgehead atoms. The summed E-state index contributed by atoms with van der Waals surface area (Å²) in [4.78, 5) is 40.1. The lowest BCUT2D eigenvalue weighted by atomic mass is 9.82. The number of unbranched alkanes of at least 4 members (excludes halogenated alkanes) is 22. The Kier molecular flexibility index (Phi) is 29.7. The molecule has 0 saturated heterocycles. The first-order chi connectivity index (χ1) is 21.8. The molecular formula is C40H73NO4. The van der Waals surface area contributed by atoms with Crippen LogP contribution in [0.3, 0.4) is 0 Å². The van der Waals surface area contributed by atoms with Crippen molar-refractivity contribution in [1.82, 2.24) is 4.90 Å². The number of aliphatic carboxylic acids is 1. The van der Waals surface area contributed by atoms with Gasteiger partial charge in [-0.05, 0) is 78.3 Å². The van der Waals surface area contributed by atoms with E-state index in [1.54, 1.807) is 14.1 Å². The Morgan fingerprint density at radius 2 is 0.733 bits per heavy atom. The summed E-state index contributed by atoms with van der Waals surface area (Å²) in [5.74, 6) is -2.26. The number of nitrogens with zero attached hydrogens (tertiary/aromatic N) is 1. The number of carbonyl (C=O) groups is 3. The second-order valence-electron chi connectivity index (χ2n) is 13.4. The van der Waals surface area contributed by atoms with Gasteiger partial charge in [0.05, 0.1) is 0 Å². The van der Waals surface area contributed by atoms with Crippen molar-refractivity contribution in [1.29, 1.82) is 0 Å². The van der Waals surface area contributed by atoms with Crippen molar-refractivity contribution in [3.8, 4) is 0 Å². The van der Waals surface area contributed by atoms with E-state index in [0.717, 1.165) is 64.2 Å². The Bertz CT molecular complexity index is 733. The first kappa shape index (κ1) is 43.2. The van der Waals surface area contributed by atoms with Crippen LogP contribution in [0.4, 0.5) is 0 Å². The van der Waals surface area contributed by atoms with Crippen molar-refractivity contribution in [2.75, 3.05) is 14.1 Å². The number of carboxylic acid groups (broad SMARTS) is 1. The van der Waals surface area contributed by atoms with Crippen molar-refractivity contribution < 1.29 is 19.5 Å². The van der Waals surface area contributed by atoms with Gasteiger partial charge in [-0.15, -0.1) is 0 Å². The Morgan fingerprint density at radius 3 is 1.00 bits per heavy atom. The van der Waals surface area contributed by atoms with Crippen LogP contribution in [0.2, 0.25) is 0 Å². The third-order valence-electron chi connectivity index (χ3n) is 9.12. The molecule has 0 unspecified atom stereocenters. The molecule has 0 amide bonds. The predicted octanol–water partition coefficient (Wildman–Crippen LogP) is 11.6. The lowest BCUT2D eigenvalue weighted by Crippen LogP contribution is -2.62. The third-order valence-corrected chi connectivity index (χ3v) is 9.12. The first-order valence-electron chi connectivity index (χ1n) is 19.1. The molecule has 45 heavy (non-hydrogen) atoms. The number of likely N-dealkylation sites (N-methyl/N-ethyl adjacent to an activating group) is 1. The van der Waals surface area contributed by atoms with Crippen LogP contribution >= 0.6 is 0 Å². The number of ketones is 2. The summed E-state index contributed by atoms with van der Waals surface area (Å²) in [6, 6.07) is 0. The molecule has 1 N–H and O–H groups in total. The zero-order chi connectivity index (χ0) is 33.4. The molecule has 5 heteroatoms. The SMILES string of the molecule is CCCCCCCCC=CCCCCCCCC(=O)C(C(=O)O)(C(=O)CCCCCCCC=CCCCCCCCC)N(C)C. The van der Waals surface area contributed by atoms with E-state index in [0.29, 0.717) is 12.8 Å². The normalized spacial score (nSPS) is 13.3. The summed E-state index contributed by atoms with van der Waals surface area (Å²) >= 11 is 0. The molecule has 0 aromatic heterocycles. The molecule has 0 aromatic carbocycles. The highest BCUT2D eigenvalue weighted by Crippen LogP contribution is 2.24. The molecule has 0 radical (unpaired) electrons. The van der Waals surface area contributed by atoms with Crippen LogP contribution in [-0.4, -0.2) is 47.2 Å². The van der Waals surface area contributed by atoms with Gasteiger partial charge in [0.15, 0.2) is 11.6 Å². The molecule has 0 aliphatic rings. The van der Waals surface area contributed by atoms with Crippen LogP contribution in [0.1, 0.15) is 194 Å². The van der Waals surface area contributed by atoms with E-state index in [4.69, 9.17) is 0 Å². The van der Waals surface area contributed by atoms with E-state index in [1.165, 1.54) is 94.8 Å². The molecule has 0 fully saturated rings. The van der Waals surface area contributed by atoms with Gasteiger partial charge >= 0.3 is 5.97 Å². The first-order valence-corrected chi connectivity index (χ1v) is 19.1. The van der Waals surface area contributed by atoms with Crippen molar-refractivity contribution >= 4 is 17.5 Å². The van der Waals surface area contributed by atoms with Gasteiger partial charge < -0.3 is 5.11 Å². The van der Waals surface area contributed by atoms with Gasteiger partial charge in [-0.25, -0.2) is 4.79 Å². The van der Waals surface area contributed by atoms with E-state index in [2.05, 4.69) is 38.2 Å². The summed E-state index contributed by atoms with van der Waals surface area (Å²) in [6.07, 6.45) is 39.7. The van der Waals surface area contributed by atoms with Gasteiger partial charge in [0.2, 0.25) is 5.54 Å². The highest BCUT2D eigenvalue weighted by Gasteiger charge is 2.53. The van der Waals surface area contributed by atoms with Crippen LogP contribution in [0, 0.1) is 0 Å². The molecule has 0 aromatic rings. The van der Waals surface area contributed by atoms with Crippen molar-refractivity contribution in [2.45, 2.75) is 199 Å². The van der Waals surface area contributed by atoms with Gasteiger partial charge in [0, 0.05) is 12.8 Å². The number of Topliss-reactive ketones (excluding diaryl/α,β-unsaturated/α-hetero) is 2. The molecule has 262 valence electrons. The van der Waals surface area contributed by atoms with Gasteiger partial charge in [0.1, 0.15) is 0 Å². The summed E-state index contributed by atoms with van der Waals surface area (Å²) in [5.41, 5.74) is -2.05. The minimum absolute atomic E-state index is 0.140. The molecule has 5 nitrogen and oxygen atoms in total. The molecule has 0 saturated carbocycles. The summed E-state index contributed by atoms with van der Waals surface area (Å²) in [6.45, 7) is 4.50. The molecule has 0 aliphatic heterocycles. The minimum atomic E-state index is -2.05. The van der Waals surface area contributed by atoms with Crippen molar-refractivity contribution in [2.24, 2.45) is 0 Å². The van der Waals surface area contributed by atoms with Crippen molar-refractivity contribution in [3.05, 3.63) is 24.3 Å². The Labute approximate surface area is 279 Å². The fourth-order valence-electron chi connectivity index (χ4n) is 6.16. The highest BCUT2D eigenvalue weighted by atomic mass is 16.4. The zero-order valence-electron chi connectivity index (χ0n) is 30.2. The minimum Gasteiger partial charge on any atom is -0.479 e. The van der Waals surface area contributed by atoms with Crippen molar-refractivity contribution in [3.63, 3.8) is 0 Å². The standard InChI is InChI=1S/C40H73NO4/c1-5-7-9-11-13-15-17-19-21-23-25-27-29-31-33-35-37(42)40(39(44)45,41(3)4)38(43)36-34-32-30-28-26-24-22-20-18-16-14-12-10-8-6-2/h19-22H,5-18,23-36H2,1-4H3,(H,44,45). The molecule has 0 spiro atoms. The number of rotatable bonds is 34. The van der Waals surface area contributed by atoms with Gasteiger partial charge in [-0.2, -0.15) is 0 Å². The second-order valence-corrected chi connectivity index (χ2v) is 13.4. The second kappa shape index (κ2) is 30.9. The van der Waals surface area contributed by atoms with Crippen LogP contribution in [0.15, 0.2) is 24.3 Å². The van der Waals surface area contributed by atoms with E-state index >= 15 is 0 Å². The van der Waals surface area contributed by atoms with E-state index in [9.17, 15) is 19.5 Å². The zero-order valence-corrected chi connectivity index (χ0v) is 30.2. The smallest absolute Gasteiger partial charge is 0.339 e. The average molecular weight is 632 g/mol. The summed E-state index contributed by atoms with van der Waals surface area (Å²) in [7, 11) is 3.09. The topological polar surface area (TPSA) is 74.7 Å². The maximum absolute atomic E-state index is 13.2. The van der Waals surface area contributed by atoms with Gasteiger partial charge in [0.25, 0.3) is 0 Å². The maximum Gasteiger partial charge on any atom is 0.339 e. The third kappa shape index (κ3) is 21.6. The van der Waals surface area contributed by atoms with Gasteiger partial charge in [-0.1, -0.05) is 141 Å². The molecular weight excluding hydrogens is 558 g/mol. The lowest BCUT2D eigenvalue weighted by Gasteiger charge is -2.33. The average Bonchev–Trinajstić information content (AvgIpc) is 3.01. The van der Waals surface area contributed by atoms with Crippen LogP contribution in [0.25, 0.3) is 0 Å². The summed E-state index contributed by atoms with van der Waals surface area (Å²) in [5, 5.41) is 10.1. The highest BCUT2D eigenvalue weighted by molar-refractivity contribution is 6.27. The molecule has 0 rings (SSSR count). The van der Waals surface area contributed by atoms with E-state index < -0.39 is 23.1 Å². The van der Waals surface area contributed by atoms with E-state index in [-0.39, 0.29) is 12.8 Å². The maximum atomic E-state index is 13.2. The quantitative estimate of drug-likeness (QED) is 0.0434. The Balaban J connectivity index is 4.18.